The predicted octanol–water partition coefficient (Wildman–Crippen LogP) is -1.62. The van der Waals surface area contributed by atoms with Crippen LogP contribution in [-0.2, 0) is 13.9 Å². The van der Waals surface area contributed by atoms with Crippen molar-refractivity contribution in [1.82, 2.24) is 19.9 Å². The highest BCUT2D eigenvalue weighted by atomic mass is 35.5. The highest BCUT2D eigenvalue weighted by Crippen LogP contribution is 2.35. The van der Waals surface area contributed by atoms with Gasteiger partial charge < -0.3 is 34.9 Å². The molecule has 3 atom stereocenters. The van der Waals surface area contributed by atoms with Gasteiger partial charge in [-0.2, -0.15) is 0 Å². The third kappa shape index (κ3) is 6.55. The van der Waals surface area contributed by atoms with Gasteiger partial charge in [-0.05, 0) is 0 Å². The standard InChI is InChI=1S/C5H3ClN4.C5H11O8P/c6-4-3-5(9-1-7-3)10-2-8-4;6-1-3(7)5(9)4(8)2-13-14(10,11)12/h1-2H,(H,7,8,9,10);1,3-5,7-9H,2H2,(H2,10,11,12)/t;3-,4+,5-/m.0/s1. The molecule has 0 fully saturated rings. The minimum absolute atomic E-state index is 0.0225. The summed E-state index contributed by atoms with van der Waals surface area (Å²) < 4.78 is 14.0. The lowest BCUT2D eigenvalue weighted by Crippen LogP contribution is -2.40. The van der Waals surface area contributed by atoms with Crippen molar-refractivity contribution in [2.75, 3.05) is 6.61 Å². The average molecular weight is 385 g/mol. The van der Waals surface area contributed by atoms with Crippen LogP contribution in [0.15, 0.2) is 12.7 Å². The van der Waals surface area contributed by atoms with Gasteiger partial charge in [0, 0.05) is 0 Å². The molecule has 0 aliphatic rings. The van der Waals surface area contributed by atoms with E-state index in [9.17, 15) is 9.36 Å². The van der Waals surface area contributed by atoms with Crippen LogP contribution in [0.2, 0.25) is 5.15 Å². The summed E-state index contributed by atoms with van der Waals surface area (Å²) in [6, 6.07) is 0. The molecule has 12 nitrogen and oxygen atoms in total. The van der Waals surface area contributed by atoms with E-state index in [1.165, 1.54) is 12.7 Å². The van der Waals surface area contributed by atoms with E-state index in [0.29, 0.717) is 16.3 Å². The Hall–Kier alpha value is -1.50. The number of aliphatic hydroxyl groups is 3. The summed E-state index contributed by atoms with van der Waals surface area (Å²) >= 11 is 5.68. The number of rotatable bonds is 6. The molecule has 0 amide bonds. The number of nitrogens with one attached hydrogen (secondary N) is 1. The lowest BCUT2D eigenvalue weighted by Gasteiger charge is -2.19. The topological polar surface area (TPSA) is 199 Å². The van der Waals surface area contributed by atoms with Crippen LogP contribution in [0, 0.1) is 0 Å². The van der Waals surface area contributed by atoms with Gasteiger partial charge in [-0.3, -0.25) is 4.52 Å². The third-order valence-electron chi connectivity index (χ3n) is 2.47. The molecule has 0 saturated heterocycles. The summed E-state index contributed by atoms with van der Waals surface area (Å²) in [6.07, 6.45) is -2.55. The first-order valence-electron chi connectivity index (χ1n) is 6.15. The monoisotopic (exact) mass is 384 g/mol. The summed E-state index contributed by atoms with van der Waals surface area (Å²) in [5.41, 5.74) is 1.28. The van der Waals surface area contributed by atoms with Gasteiger partial charge in [0.2, 0.25) is 0 Å². The van der Waals surface area contributed by atoms with Crippen LogP contribution in [0.5, 0.6) is 0 Å². The van der Waals surface area contributed by atoms with Crippen molar-refractivity contribution in [3.8, 4) is 0 Å². The van der Waals surface area contributed by atoms with E-state index in [1.54, 1.807) is 0 Å². The molecule has 0 bridgehead atoms. The number of aromatic amines is 1. The maximum absolute atomic E-state index is 10.1. The fourth-order valence-corrected chi connectivity index (χ4v) is 1.85. The number of hydrogen-bond acceptors (Lipinski definition) is 9. The van der Waals surface area contributed by atoms with E-state index >= 15 is 0 Å². The summed E-state index contributed by atoms with van der Waals surface area (Å²) in [6.45, 7) is -0.893. The van der Waals surface area contributed by atoms with E-state index < -0.39 is 32.7 Å². The molecule has 0 aliphatic carbocycles. The smallest absolute Gasteiger partial charge is 0.388 e. The van der Waals surface area contributed by atoms with Crippen LogP contribution >= 0.6 is 19.4 Å². The van der Waals surface area contributed by atoms with Gasteiger partial charge in [-0.25, -0.2) is 19.5 Å². The Balaban J connectivity index is 0.000000250. The number of aliphatic hydroxyl groups excluding tert-OH is 3. The highest BCUT2D eigenvalue weighted by molar-refractivity contribution is 7.46. The van der Waals surface area contributed by atoms with Crippen molar-refractivity contribution in [3.05, 3.63) is 17.8 Å². The molecular formula is C10H14ClN4O8P. The van der Waals surface area contributed by atoms with Gasteiger partial charge in [0.1, 0.15) is 30.2 Å². The number of carbonyl (C=O) groups excluding carboxylic acids is 1. The van der Waals surface area contributed by atoms with Crippen molar-refractivity contribution in [2.24, 2.45) is 0 Å². The van der Waals surface area contributed by atoms with E-state index in [2.05, 4.69) is 24.5 Å². The second-order valence-corrected chi connectivity index (χ2v) is 5.83. The van der Waals surface area contributed by atoms with Crippen molar-refractivity contribution in [2.45, 2.75) is 18.3 Å². The summed E-state index contributed by atoms with van der Waals surface area (Å²) in [5, 5.41) is 27.0. The number of fused-ring (bicyclic) bond motifs is 1. The summed E-state index contributed by atoms with van der Waals surface area (Å²) in [4.78, 5) is 40.7. The second-order valence-electron chi connectivity index (χ2n) is 4.24. The normalized spacial score (nSPS) is 15.2. The van der Waals surface area contributed by atoms with Gasteiger partial charge in [0.05, 0.1) is 12.9 Å². The number of aldehydes is 1. The number of halogens is 1. The number of hydrogen-bond donors (Lipinski definition) is 6. The van der Waals surface area contributed by atoms with Gasteiger partial charge >= 0.3 is 7.82 Å². The molecular weight excluding hydrogens is 371 g/mol. The van der Waals surface area contributed by atoms with Crippen LogP contribution < -0.4 is 0 Å². The van der Waals surface area contributed by atoms with Gasteiger partial charge in [-0.15, -0.1) is 0 Å². The fraction of sp³-hybridized carbons (Fsp3) is 0.400. The zero-order valence-electron chi connectivity index (χ0n) is 11.8. The van der Waals surface area contributed by atoms with Crippen LogP contribution in [0.4, 0.5) is 0 Å². The van der Waals surface area contributed by atoms with Crippen molar-refractivity contribution >= 4 is 36.9 Å². The Labute approximate surface area is 139 Å². The average Bonchev–Trinajstić information content (AvgIpc) is 3.01. The Morgan fingerprint density at radius 1 is 1.29 bits per heavy atom. The molecule has 0 aliphatic heterocycles. The molecule has 24 heavy (non-hydrogen) atoms. The third-order valence-corrected chi connectivity index (χ3v) is 3.25. The maximum Gasteiger partial charge on any atom is 0.469 e. The minimum atomic E-state index is -4.74. The molecule has 0 saturated carbocycles. The number of imidazole rings is 1. The summed E-state index contributed by atoms with van der Waals surface area (Å²) in [7, 11) is -4.74. The van der Waals surface area contributed by atoms with E-state index in [0.717, 1.165) is 0 Å². The lowest BCUT2D eigenvalue weighted by molar-refractivity contribution is -0.127. The molecule has 2 rings (SSSR count). The predicted molar refractivity (Wildman–Crippen MR) is 78.8 cm³/mol. The van der Waals surface area contributed by atoms with Crippen LogP contribution in [-0.4, -0.2) is 76.2 Å². The van der Waals surface area contributed by atoms with E-state index in [1.807, 2.05) is 0 Å². The van der Waals surface area contributed by atoms with E-state index in [4.69, 9.17) is 36.7 Å². The van der Waals surface area contributed by atoms with Crippen LogP contribution in [0.1, 0.15) is 0 Å². The molecule has 14 heteroatoms. The molecule has 2 aromatic heterocycles. The molecule has 0 aromatic carbocycles. The van der Waals surface area contributed by atoms with Crippen molar-refractivity contribution in [3.63, 3.8) is 0 Å². The number of aromatic nitrogens is 4. The SMILES string of the molecule is Clc1ncnc2nc[nH]c12.O=C[C@H](O)[C@H](O)[C@H](O)COP(=O)(O)O. The molecule has 2 aromatic rings. The number of carbonyl (C=O) groups is 1. The lowest BCUT2D eigenvalue weighted by atomic mass is 10.1. The van der Waals surface area contributed by atoms with E-state index in [-0.39, 0.29) is 6.29 Å². The molecule has 0 unspecified atom stereocenters. The highest BCUT2D eigenvalue weighted by Gasteiger charge is 2.27. The van der Waals surface area contributed by atoms with Crippen molar-refractivity contribution in [1.29, 1.82) is 0 Å². The number of phosphoric ester groups is 1. The second kappa shape index (κ2) is 9.11. The molecule has 0 radical (unpaired) electrons. The fourth-order valence-electron chi connectivity index (χ4n) is 1.32. The number of phosphoric acid groups is 1. The zero-order chi connectivity index (χ0) is 18.3. The number of nitrogens with zero attached hydrogens (tertiary/aromatic N) is 3. The molecule has 2 heterocycles. The first-order chi connectivity index (χ1) is 11.2. The quantitative estimate of drug-likeness (QED) is 0.190. The Morgan fingerprint density at radius 3 is 2.50 bits per heavy atom. The van der Waals surface area contributed by atoms with Crippen molar-refractivity contribution < 1.29 is 39.0 Å². The maximum atomic E-state index is 10.1. The first kappa shape index (κ1) is 20.5. The minimum Gasteiger partial charge on any atom is -0.388 e. The molecule has 6 N–H and O–H groups in total. The first-order valence-corrected chi connectivity index (χ1v) is 8.05. The molecule has 0 spiro atoms. The Kier molecular flexibility index (Phi) is 7.79. The molecule has 134 valence electrons. The largest absolute Gasteiger partial charge is 0.469 e. The van der Waals surface area contributed by atoms with Gasteiger partial charge in [-0.1, -0.05) is 11.6 Å². The Bertz CT molecular complexity index is 709. The summed E-state index contributed by atoms with van der Waals surface area (Å²) in [5.74, 6) is 0. The van der Waals surface area contributed by atoms with Crippen LogP contribution in [0.25, 0.3) is 11.2 Å². The Morgan fingerprint density at radius 2 is 1.96 bits per heavy atom. The zero-order valence-corrected chi connectivity index (χ0v) is 13.4. The number of H-pyrrole nitrogens is 1. The van der Waals surface area contributed by atoms with Gasteiger partial charge in [0.15, 0.2) is 17.1 Å². The van der Waals surface area contributed by atoms with Crippen LogP contribution in [0.3, 0.4) is 0 Å². The van der Waals surface area contributed by atoms with Gasteiger partial charge in [0.25, 0.3) is 0 Å².